The number of likely N-dealkylation sites (tertiary alicyclic amines) is 1. The number of methoxy groups -OCH3 is 1. The Hall–Kier alpha value is -1.75. The molecule has 1 unspecified atom stereocenters. The Kier molecular flexibility index (Phi) is 4.84. The number of carbonyl (C=O) groups is 1. The largest absolute Gasteiger partial charge is 0.504 e. The van der Waals surface area contributed by atoms with Crippen molar-refractivity contribution in [3.8, 4) is 11.5 Å². The maximum atomic E-state index is 12.2. The fourth-order valence-corrected chi connectivity index (χ4v) is 2.56. The Bertz CT molecular complexity index is 476. The molecule has 0 spiro atoms. The fraction of sp³-hybridized carbons (Fsp3) is 0.533. The summed E-state index contributed by atoms with van der Waals surface area (Å²) in [4.78, 5) is 14.5. The molecule has 0 radical (unpaired) electrons. The maximum absolute atomic E-state index is 12.2. The number of hydrogen-bond donors (Lipinski definition) is 2. The van der Waals surface area contributed by atoms with E-state index in [9.17, 15) is 9.90 Å². The van der Waals surface area contributed by atoms with Gasteiger partial charge < -0.3 is 20.1 Å². The lowest BCUT2D eigenvalue weighted by atomic mass is 10.0. The molecule has 2 N–H and O–H groups in total. The van der Waals surface area contributed by atoms with Gasteiger partial charge in [-0.05, 0) is 44.1 Å². The highest BCUT2D eigenvalue weighted by Gasteiger charge is 2.21. The number of likely N-dealkylation sites (N-methyl/N-ethyl adjacent to an activating group) is 1. The minimum Gasteiger partial charge on any atom is -0.504 e. The third-order valence-corrected chi connectivity index (χ3v) is 3.73. The van der Waals surface area contributed by atoms with Crippen molar-refractivity contribution in [1.82, 2.24) is 10.2 Å². The molecule has 2 rings (SSSR count). The normalized spacial score (nSPS) is 19.6. The number of nitrogens with zero attached hydrogens (tertiary/aromatic N) is 1. The summed E-state index contributed by atoms with van der Waals surface area (Å²) in [5, 5.41) is 12.7. The lowest BCUT2D eigenvalue weighted by molar-refractivity contribution is 0.0905. The number of benzene rings is 1. The third-order valence-electron chi connectivity index (χ3n) is 3.73. The number of phenols is 1. The second-order valence-electron chi connectivity index (χ2n) is 5.09. The van der Waals surface area contributed by atoms with Crippen molar-refractivity contribution in [1.29, 1.82) is 0 Å². The predicted octanol–water partition coefficient (Wildman–Crippen LogP) is 1.61. The van der Waals surface area contributed by atoms with Gasteiger partial charge in [0.05, 0.1) is 7.11 Å². The molecule has 1 aliphatic rings. The molecular formula is C15H22N2O3. The Morgan fingerprint density at radius 3 is 3.00 bits per heavy atom. The van der Waals surface area contributed by atoms with E-state index in [4.69, 9.17) is 4.74 Å². The summed E-state index contributed by atoms with van der Waals surface area (Å²) in [5.74, 6) is 0.209. The van der Waals surface area contributed by atoms with Gasteiger partial charge in [0.25, 0.3) is 5.91 Å². The average molecular weight is 278 g/mol. The number of aromatic hydroxyl groups is 1. The zero-order valence-electron chi connectivity index (χ0n) is 12.1. The van der Waals surface area contributed by atoms with Crippen LogP contribution in [-0.2, 0) is 0 Å². The van der Waals surface area contributed by atoms with Crippen molar-refractivity contribution in [2.45, 2.75) is 25.8 Å². The first kappa shape index (κ1) is 14.7. The second kappa shape index (κ2) is 6.61. The molecule has 1 saturated heterocycles. The van der Waals surface area contributed by atoms with Crippen LogP contribution in [0, 0.1) is 0 Å². The summed E-state index contributed by atoms with van der Waals surface area (Å²) in [6, 6.07) is 4.88. The summed E-state index contributed by atoms with van der Waals surface area (Å²) < 4.78 is 4.97. The molecule has 0 saturated carbocycles. The molecule has 1 aromatic rings. The van der Waals surface area contributed by atoms with Crippen LogP contribution in [0.3, 0.4) is 0 Å². The minimum absolute atomic E-state index is 0.0148. The van der Waals surface area contributed by atoms with Crippen molar-refractivity contribution in [3.05, 3.63) is 23.8 Å². The molecule has 5 heteroatoms. The van der Waals surface area contributed by atoms with E-state index in [1.165, 1.54) is 13.2 Å². The first-order valence-corrected chi connectivity index (χ1v) is 7.04. The van der Waals surface area contributed by atoms with Crippen LogP contribution in [0.2, 0.25) is 0 Å². The highest BCUT2D eigenvalue weighted by Crippen LogP contribution is 2.26. The molecule has 1 amide bonds. The molecule has 110 valence electrons. The molecule has 20 heavy (non-hydrogen) atoms. The van der Waals surface area contributed by atoms with Crippen LogP contribution in [0.15, 0.2) is 18.2 Å². The molecular weight excluding hydrogens is 256 g/mol. The Morgan fingerprint density at radius 1 is 1.55 bits per heavy atom. The van der Waals surface area contributed by atoms with Gasteiger partial charge in [0.1, 0.15) is 0 Å². The predicted molar refractivity (Wildman–Crippen MR) is 77.3 cm³/mol. The minimum atomic E-state index is -0.147. The van der Waals surface area contributed by atoms with Gasteiger partial charge in [-0.3, -0.25) is 4.79 Å². The van der Waals surface area contributed by atoms with Gasteiger partial charge in [-0.1, -0.05) is 6.92 Å². The molecule has 0 aromatic heterocycles. The number of amides is 1. The van der Waals surface area contributed by atoms with E-state index in [0.717, 1.165) is 32.5 Å². The van der Waals surface area contributed by atoms with Crippen LogP contribution >= 0.6 is 0 Å². The second-order valence-corrected chi connectivity index (χ2v) is 5.09. The Morgan fingerprint density at radius 2 is 2.35 bits per heavy atom. The molecule has 5 nitrogen and oxygen atoms in total. The zero-order valence-corrected chi connectivity index (χ0v) is 12.1. The number of carbonyl (C=O) groups excluding carboxylic acids is 1. The summed E-state index contributed by atoms with van der Waals surface area (Å²) in [6.45, 7) is 5.14. The third kappa shape index (κ3) is 3.42. The number of piperidine rings is 1. The van der Waals surface area contributed by atoms with Crippen molar-refractivity contribution in [2.24, 2.45) is 0 Å². The summed E-state index contributed by atoms with van der Waals surface area (Å²) in [7, 11) is 1.48. The van der Waals surface area contributed by atoms with Crippen LogP contribution in [0.1, 0.15) is 30.1 Å². The van der Waals surface area contributed by atoms with Crippen LogP contribution in [0.4, 0.5) is 0 Å². The quantitative estimate of drug-likeness (QED) is 0.878. The summed E-state index contributed by atoms with van der Waals surface area (Å²) in [5.41, 5.74) is 0.455. The standard InChI is InChI=1S/C15H22N2O3/c1-3-17-8-4-5-12(10-17)16-15(19)11-6-7-14(20-2)13(18)9-11/h6-7,9,12,18H,3-5,8,10H2,1-2H3,(H,16,19). The highest BCUT2D eigenvalue weighted by molar-refractivity contribution is 5.95. The number of ether oxygens (including phenoxy) is 1. The topological polar surface area (TPSA) is 61.8 Å². The summed E-state index contributed by atoms with van der Waals surface area (Å²) >= 11 is 0. The molecule has 1 aromatic carbocycles. The smallest absolute Gasteiger partial charge is 0.251 e. The van der Waals surface area contributed by atoms with E-state index in [1.54, 1.807) is 12.1 Å². The number of hydrogen-bond acceptors (Lipinski definition) is 4. The molecule has 1 fully saturated rings. The van der Waals surface area contributed by atoms with Crippen molar-refractivity contribution >= 4 is 5.91 Å². The van der Waals surface area contributed by atoms with Gasteiger partial charge in [0, 0.05) is 18.2 Å². The van der Waals surface area contributed by atoms with Crippen LogP contribution in [0.25, 0.3) is 0 Å². The Labute approximate surface area is 119 Å². The van der Waals surface area contributed by atoms with Crippen LogP contribution in [-0.4, -0.2) is 48.7 Å². The summed E-state index contributed by atoms with van der Waals surface area (Å²) in [6.07, 6.45) is 2.11. The monoisotopic (exact) mass is 278 g/mol. The van der Waals surface area contributed by atoms with Crippen molar-refractivity contribution in [3.63, 3.8) is 0 Å². The van der Waals surface area contributed by atoms with Gasteiger partial charge >= 0.3 is 0 Å². The maximum Gasteiger partial charge on any atom is 0.251 e. The molecule has 1 aliphatic heterocycles. The van der Waals surface area contributed by atoms with E-state index >= 15 is 0 Å². The van der Waals surface area contributed by atoms with Crippen molar-refractivity contribution < 1.29 is 14.6 Å². The SMILES string of the molecule is CCN1CCCC(NC(=O)c2ccc(OC)c(O)c2)C1. The van der Waals surface area contributed by atoms with Gasteiger partial charge in [0.15, 0.2) is 11.5 Å². The highest BCUT2D eigenvalue weighted by atomic mass is 16.5. The first-order valence-electron chi connectivity index (χ1n) is 7.04. The van der Waals surface area contributed by atoms with Gasteiger partial charge in [-0.25, -0.2) is 0 Å². The molecule has 0 aliphatic carbocycles. The molecule has 0 bridgehead atoms. The van der Waals surface area contributed by atoms with Gasteiger partial charge in [0.2, 0.25) is 0 Å². The zero-order chi connectivity index (χ0) is 14.5. The number of phenolic OH excluding ortho intramolecular Hbond substituents is 1. The lowest BCUT2D eigenvalue weighted by Gasteiger charge is -2.32. The van der Waals surface area contributed by atoms with Crippen LogP contribution in [0.5, 0.6) is 11.5 Å². The van der Waals surface area contributed by atoms with Crippen LogP contribution < -0.4 is 10.1 Å². The first-order chi connectivity index (χ1) is 9.63. The lowest BCUT2D eigenvalue weighted by Crippen LogP contribution is -2.47. The van der Waals surface area contributed by atoms with Gasteiger partial charge in [-0.15, -0.1) is 0 Å². The van der Waals surface area contributed by atoms with E-state index < -0.39 is 0 Å². The fourth-order valence-electron chi connectivity index (χ4n) is 2.56. The molecule has 1 heterocycles. The van der Waals surface area contributed by atoms with Gasteiger partial charge in [-0.2, -0.15) is 0 Å². The average Bonchev–Trinajstić information content (AvgIpc) is 2.47. The van der Waals surface area contributed by atoms with Crippen molar-refractivity contribution in [2.75, 3.05) is 26.7 Å². The Balaban J connectivity index is 1.99. The van der Waals surface area contributed by atoms with E-state index in [0.29, 0.717) is 11.3 Å². The number of rotatable bonds is 4. The van der Waals surface area contributed by atoms with E-state index in [2.05, 4.69) is 17.1 Å². The molecule has 1 atom stereocenters. The number of nitrogens with one attached hydrogen (secondary N) is 1. The van der Waals surface area contributed by atoms with E-state index in [1.807, 2.05) is 0 Å². The van der Waals surface area contributed by atoms with E-state index in [-0.39, 0.29) is 17.7 Å².